The molecule has 0 amide bonds. The molecule has 0 heterocycles. The first-order valence-corrected chi connectivity index (χ1v) is 10.4. The molecule has 0 saturated carbocycles. The van der Waals surface area contributed by atoms with Crippen molar-refractivity contribution >= 4 is 27.5 Å². The fourth-order valence-electron chi connectivity index (χ4n) is 2.59. The Morgan fingerprint density at radius 1 is 1.04 bits per heavy atom. The fraction of sp³-hybridized carbons (Fsp3) is 0.238. The van der Waals surface area contributed by atoms with Gasteiger partial charge in [0, 0.05) is 18.2 Å². The van der Waals surface area contributed by atoms with Gasteiger partial charge in [-0.15, -0.1) is 0 Å². The van der Waals surface area contributed by atoms with Gasteiger partial charge >= 0.3 is 0 Å². The van der Waals surface area contributed by atoms with Crippen LogP contribution < -0.4 is 4.74 Å². The van der Waals surface area contributed by atoms with Gasteiger partial charge < -0.3 is 4.74 Å². The van der Waals surface area contributed by atoms with E-state index in [1.807, 2.05) is 30.3 Å². The zero-order valence-electron chi connectivity index (χ0n) is 15.3. The minimum absolute atomic E-state index is 0.0248. The number of carbonyl (C=O) groups is 2. The van der Waals surface area contributed by atoms with Crippen LogP contribution >= 0.6 is 0 Å². The quantitative estimate of drug-likeness (QED) is 0.488. The lowest BCUT2D eigenvalue weighted by atomic mass is 10.0. The van der Waals surface area contributed by atoms with E-state index in [1.165, 1.54) is 25.3 Å². The molecule has 0 aliphatic carbocycles. The Bertz CT molecular complexity index is 913. The number of carbonyl (C=O) groups excluding carboxylic acids is 2. The van der Waals surface area contributed by atoms with E-state index in [9.17, 15) is 18.0 Å². The Balaban J connectivity index is 2.07. The Labute approximate surface area is 159 Å². The van der Waals surface area contributed by atoms with E-state index in [1.54, 1.807) is 18.2 Å². The molecular weight excluding hydrogens is 364 g/mol. The van der Waals surface area contributed by atoms with Crippen molar-refractivity contribution in [3.05, 3.63) is 71.8 Å². The van der Waals surface area contributed by atoms with E-state index in [2.05, 4.69) is 0 Å². The van der Waals surface area contributed by atoms with Crippen molar-refractivity contribution in [2.75, 3.05) is 13.4 Å². The van der Waals surface area contributed by atoms with Gasteiger partial charge in [0.2, 0.25) is 0 Å². The van der Waals surface area contributed by atoms with E-state index in [0.29, 0.717) is 5.75 Å². The molecule has 0 N–H and O–H groups in total. The molecule has 0 saturated heterocycles. The molecule has 5 nitrogen and oxygen atoms in total. The van der Waals surface area contributed by atoms with Crippen molar-refractivity contribution in [3.8, 4) is 5.75 Å². The topological polar surface area (TPSA) is 77.5 Å². The van der Waals surface area contributed by atoms with Crippen molar-refractivity contribution in [1.82, 2.24) is 0 Å². The molecule has 0 spiro atoms. The second kappa shape index (κ2) is 9.28. The summed E-state index contributed by atoms with van der Waals surface area (Å²) in [7, 11) is -2.14. The minimum atomic E-state index is -3.65. The Hall–Kier alpha value is -2.73. The smallest absolute Gasteiger partial charge is 0.180 e. The van der Waals surface area contributed by atoms with Crippen molar-refractivity contribution < 1.29 is 22.7 Å². The largest absolute Gasteiger partial charge is 0.497 e. The summed E-state index contributed by atoms with van der Waals surface area (Å²) in [4.78, 5) is 24.7. The molecule has 0 aliphatic rings. The van der Waals surface area contributed by atoms with Crippen molar-refractivity contribution in [2.45, 2.75) is 18.1 Å². The van der Waals surface area contributed by atoms with Gasteiger partial charge in [0.1, 0.15) is 11.0 Å². The SMILES string of the molecule is COc1ccc(C(=O)[C@H](CCC(=O)/C=C\c2ccccc2)S(C)(=O)=O)cc1. The first kappa shape index (κ1) is 20.6. The summed E-state index contributed by atoms with van der Waals surface area (Å²) in [6.07, 6.45) is 4.02. The van der Waals surface area contributed by atoms with Gasteiger partial charge in [-0.05, 0) is 42.3 Å². The van der Waals surface area contributed by atoms with Gasteiger partial charge in [0.25, 0.3) is 0 Å². The van der Waals surface area contributed by atoms with Gasteiger partial charge in [0.05, 0.1) is 7.11 Å². The minimum Gasteiger partial charge on any atom is -0.497 e. The third-order valence-corrected chi connectivity index (χ3v) is 5.58. The second-order valence-corrected chi connectivity index (χ2v) is 8.39. The number of rotatable bonds is 9. The van der Waals surface area contributed by atoms with Crippen LogP contribution in [0.2, 0.25) is 0 Å². The highest BCUT2D eigenvalue weighted by molar-refractivity contribution is 7.92. The monoisotopic (exact) mass is 386 g/mol. The first-order chi connectivity index (χ1) is 12.8. The van der Waals surface area contributed by atoms with Gasteiger partial charge in [-0.25, -0.2) is 8.42 Å². The summed E-state index contributed by atoms with van der Waals surface area (Å²) in [6, 6.07) is 15.6. The molecule has 1 atom stereocenters. The van der Waals surface area contributed by atoms with E-state index in [-0.39, 0.29) is 24.2 Å². The van der Waals surface area contributed by atoms with Gasteiger partial charge in [-0.3, -0.25) is 9.59 Å². The Kier molecular flexibility index (Phi) is 7.07. The molecule has 2 aromatic carbocycles. The van der Waals surface area contributed by atoms with Crippen LogP contribution in [0.3, 0.4) is 0 Å². The number of ketones is 2. The lowest BCUT2D eigenvalue weighted by Crippen LogP contribution is -2.30. The van der Waals surface area contributed by atoms with Gasteiger partial charge in [0.15, 0.2) is 21.4 Å². The lowest BCUT2D eigenvalue weighted by molar-refractivity contribution is -0.114. The van der Waals surface area contributed by atoms with E-state index >= 15 is 0 Å². The number of allylic oxidation sites excluding steroid dienone is 1. The zero-order chi connectivity index (χ0) is 19.9. The highest BCUT2D eigenvalue weighted by Crippen LogP contribution is 2.18. The van der Waals surface area contributed by atoms with Crippen molar-refractivity contribution in [3.63, 3.8) is 0 Å². The number of methoxy groups -OCH3 is 1. The van der Waals surface area contributed by atoms with Crippen LogP contribution in [-0.2, 0) is 14.6 Å². The van der Waals surface area contributed by atoms with Gasteiger partial charge in [-0.1, -0.05) is 36.4 Å². The molecule has 0 bridgehead atoms. The number of hydrogen-bond acceptors (Lipinski definition) is 5. The maximum atomic E-state index is 12.6. The summed E-state index contributed by atoms with van der Waals surface area (Å²) in [5.74, 6) is -0.168. The lowest BCUT2D eigenvalue weighted by Gasteiger charge is -2.13. The second-order valence-electron chi connectivity index (χ2n) is 6.16. The summed E-state index contributed by atoms with van der Waals surface area (Å²) >= 11 is 0. The van der Waals surface area contributed by atoms with Crippen molar-refractivity contribution in [2.24, 2.45) is 0 Å². The summed E-state index contributed by atoms with van der Waals surface area (Å²) < 4.78 is 29.2. The number of hydrogen-bond donors (Lipinski definition) is 0. The fourth-order valence-corrected chi connectivity index (χ4v) is 3.66. The summed E-state index contributed by atoms with van der Waals surface area (Å²) in [5, 5.41) is -1.25. The Morgan fingerprint density at radius 2 is 1.67 bits per heavy atom. The highest BCUT2D eigenvalue weighted by atomic mass is 32.2. The van der Waals surface area contributed by atoms with Crippen LogP contribution in [0.1, 0.15) is 28.8 Å². The predicted octanol–water partition coefficient (Wildman–Crippen LogP) is 3.35. The number of ether oxygens (including phenoxy) is 1. The van der Waals surface area contributed by atoms with Crippen LogP contribution in [-0.4, -0.2) is 38.6 Å². The molecule has 6 heteroatoms. The molecule has 2 rings (SSSR count). The standard InChI is InChI=1S/C21H22O5S/c1-26-19-13-9-17(10-14-19)21(23)20(27(2,24)25)15-12-18(22)11-8-16-6-4-3-5-7-16/h3-11,13-14,20H,12,15H2,1-2H3/b11-8-/t20-/m0/s1. The van der Waals surface area contributed by atoms with E-state index < -0.39 is 20.9 Å². The zero-order valence-corrected chi connectivity index (χ0v) is 16.1. The van der Waals surface area contributed by atoms with Crippen molar-refractivity contribution in [1.29, 1.82) is 0 Å². The number of Topliss-reactive ketones (excluding diaryl/α,β-unsaturated/α-hetero) is 1. The average molecular weight is 386 g/mol. The molecule has 27 heavy (non-hydrogen) atoms. The normalized spacial score (nSPS) is 12.7. The molecule has 142 valence electrons. The van der Waals surface area contributed by atoms with Crippen LogP contribution in [0.25, 0.3) is 6.08 Å². The van der Waals surface area contributed by atoms with Crippen LogP contribution in [0, 0.1) is 0 Å². The predicted molar refractivity (Wildman–Crippen MR) is 106 cm³/mol. The maximum Gasteiger partial charge on any atom is 0.180 e. The molecule has 0 fully saturated rings. The molecule has 0 aromatic heterocycles. The number of benzene rings is 2. The van der Waals surface area contributed by atoms with Crippen LogP contribution in [0.5, 0.6) is 5.75 Å². The third-order valence-electron chi connectivity index (χ3n) is 4.10. The Morgan fingerprint density at radius 3 is 2.22 bits per heavy atom. The van der Waals surface area contributed by atoms with Gasteiger partial charge in [-0.2, -0.15) is 0 Å². The number of sulfone groups is 1. The van der Waals surface area contributed by atoms with E-state index in [0.717, 1.165) is 11.8 Å². The third kappa shape index (κ3) is 6.18. The maximum absolute atomic E-state index is 12.6. The average Bonchev–Trinajstić information content (AvgIpc) is 2.66. The van der Waals surface area contributed by atoms with Crippen LogP contribution in [0.4, 0.5) is 0 Å². The molecule has 0 aliphatic heterocycles. The van der Waals surface area contributed by atoms with E-state index in [4.69, 9.17) is 4.74 Å². The summed E-state index contributed by atoms with van der Waals surface area (Å²) in [5.41, 5.74) is 1.15. The summed E-state index contributed by atoms with van der Waals surface area (Å²) in [6.45, 7) is 0. The molecule has 0 unspecified atom stereocenters. The molecule has 2 aromatic rings. The molecule has 0 radical (unpaired) electrons. The first-order valence-electron chi connectivity index (χ1n) is 8.44. The molecular formula is C21H22O5S. The highest BCUT2D eigenvalue weighted by Gasteiger charge is 2.29. The van der Waals surface area contributed by atoms with Crippen LogP contribution in [0.15, 0.2) is 60.7 Å².